The van der Waals surface area contributed by atoms with Crippen molar-refractivity contribution in [2.24, 2.45) is 0 Å². The molecule has 1 rings (SSSR count). The van der Waals surface area contributed by atoms with Crippen molar-refractivity contribution in [2.75, 3.05) is 14.1 Å². The van der Waals surface area contributed by atoms with Crippen LogP contribution >= 0.6 is 0 Å². The fraction of sp³-hybridized carbons (Fsp3) is 0.308. The molecule has 0 aliphatic heterocycles. The van der Waals surface area contributed by atoms with Gasteiger partial charge in [0.15, 0.2) is 0 Å². The van der Waals surface area contributed by atoms with Gasteiger partial charge in [0, 0.05) is 19.7 Å². The number of rotatable bonds is 7. The average Bonchev–Trinajstić information content (AvgIpc) is 2.43. The molecule has 3 N–H and O–H groups in total. The number of hydrogen-bond acceptors (Lipinski definition) is 6. The molecule has 0 spiro atoms. The lowest BCUT2D eigenvalue weighted by Crippen LogP contribution is -2.62. The molecule has 0 aromatic heterocycles. The summed E-state index contributed by atoms with van der Waals surface area (Å²) >= 11 is 0. The van der Waals surface area contributed by atoms with Crippen LogP contribution in [0, 0.1) is 0 Å². The molecule has 114 valence electrons. The number of hydroxylamine groups is 2. The van der Waals surface area contributed by atoms with Crippen molar-refractivity contribution in [1.29, 1.82) is 0 Å². The normalized spacial score (nSPS) is 15.2. The Morgan fingerprint density at radius 3 is 2.05 bits per heavy atom. The summed E-state index contributed by atoms with van der Waals surface area (Å²) in [6.45, 7) is 0. The van der Waals surface area contributed by atoms with Gasteiger partial charge in [-0.3, -0.25) is 9.63 Å². The van der Waals surface area contributed by atoms with E-state index in [2.05, 4.69) is 0 Å². The minimum atomic E-state index is -2.98. The number of carbonyl (C=O) groups excluding carboxylic acids is 1. The molecule has 0 bridgehead atoms. The van der Waals surface area contributed by atoms with Gasteiger partial charge >= 0.3 is 11.9 Å². The van der Waals surface area contributed by atoms with Crippen LogP contribution in [0.4, 0.5) is 0 Å². The summed E-state index contributed by atoms with van der Waals surface area (Å²) in [5.41, 5.74) is -3.07. The van der Waals surface area contributed by atoms with Gasteiger partial charge in [-0.05, 0) is 0 Å². The number of ketones is 1. The van der Waals surface area contributed by atoms with E-state index in [0.29, 0.717) is 0 Å². The summed E-state index contributed by atoms with van der Waals surface area (Å²) in [7, 11) is 2.54. The topological polar surface area (TPSA) is 124 Å². The van der Waals surface area contributed by atoms with Crippen LogP contribution in [-0.4, -0.2) is 63.9 Å². The van der Waals surface area contributed by atoms with Gasteiger partial charge in [-0.1, -0.05) is 30.3 Å². The highest BCUT2D eigenvalue weighted by atomic mass is 16.7. The van der Waals surface area contributed by atoms with E-state index in [1.807, 2.05) is 0 Å². The molecule has 8 nitrogen and oxygen atoms in total. The van der Waals surface area contributed by atoms with Gasteiger partial charge in [0.1, 0.15) is 0 Å². The molecule has 0 saturated carbocycles. The Labute approximate surface area is 120 Å². The number of benzene rings is 1. The summed E-state index contributed by atoms with van der Waals surface area (Å²) in [5.74, 6) is -4.96. The molecule has 21 heavy (non-hydrogen) atoms. The molecular weight excluding hydrogens is 282 g/mol. The molecule has 0 fully saturated rings. The maximum atomic E-state index is 12.4. The first-order valence-corrected chi connectivity index (χ1v) is 5.84. The summed E-state index contributed by atoms with van der Waals surface area (Å²) in [5, 5.41) is 28.8. The molecule has 0 amide bonds. The molecule has 0 saturated heterocycles. The van der Waals surface area contributed by atoms with Crippen molar-refractivity contribution in [1.82, 2.24) is 5.06 Å². The van der Waals surface area contributed by atoms with E-state index in [1.165, 1.54) is 38.4 Å². The highest BCUT2D eigenvalue weighted by molar-refractivity contribution is 6.17. The van der Waals surface area contributed by atoms with Crippen LogP contribution in [0.25, 0.3) is 0 Å². The van der Waals surface area contributed by atoms with Gasteiger partial charge in [-0.15, -0.1) is 0 Å². The van der Waals surface area contributed by atoms with Gasteiger partial charge < -0.3 is 15.3 Å². The zero-order valence-electron chi connectivity index (χ0n) is 11.4. The molecular formula is C13H15NO7. The average molecular weight is 297 g/mol. The maximum Gasteiger partial charge on any atom is 0.349 e. The van der Waals surface area contributed by atoms with Crippen LogP contribution in [0.2, 0.25) is 0 Å². The largest absolute Gasteiger partial charge is 0.479 e. The van der Waals surface area contributed by atoms with Crippen LogP contribution in [-0.2, 0) is 14.4 Å². The van der Waals surface area contributed by atoms with Gasteiger partial charge in [-0.2, -0.15) is 5.06 Å². The Bertz CT molecular complexity index is 543. The van der Waals surface area contributed by atoms with E-state index in [-0.39, 0.29) is 5.56 Å². The van der Waals surface area contributed by atoms with Crippen LogP contribution in [0.5, 0.6) is 0 Å². The van der Waals surface area contributed by atoms with Crippen molar-refractivity contribution in [3.8, 4) is 0 Å². The fourth-order valence-electron chi connectivity index (χ4n) is 1.73. The molecule has 2 unspecified atom stereocenters. The number of carboxylic acids is 2. The van der Waals surface area contributed by atoms with E-state index >= 15 is 0 Å². The van der Waals surface area contributed by atoms with Crippen molar-refractivity contribution < 1.29 is 34.5 Å². The Balaban J connectivity index is 3.45. The highest BCUT2D eigenvalue weighted by Gasteiger charge is 2.58. The number of hydrogen-bond donors (Lipinski definition) is 3. The van der Waals surface area contributed by atoms with Crippen LogP contribution in [0.15, 0.2) is 30.3 Å². The first-order valence-electron chi connectivity index (χ1n) is 5.84. The first-order chi connectivity index (χ1) is 9.73. The lowest BCUT2D eigenvalue weighted by atomic mass is 9.87. The number of aliphatic carboxylic acids is 2. The predicted octanol–water partition coefficient (Wildman–Crippen LogP) is -0.369. The SMILES string of the molecule is CN(C)OC(C(=O)O)(C(=O)c1ccccc1)C(O)C(=O)O. The highest BCUT2D eigenvalue weighted by Crippen LogP contribution is 2.24. The summed E-state index contributed by atoms with van der Waals surface area (Å²) in [6, 6.07) is 7.15. The van der Waals surface area contributed by atoms with E-state index in [0.717, 1.165) is 5.06 Å². The zero-order chi connectivity index (χ0) is 16.2. The Morgan fingerprint density at radius 1 is 1.14 bits per heavy atom. The third-order valence-electron chi connectivity index (χ3n) is 2.64. The number of nitrogens with zero attached hydrogens (tertiary/aromatic N) is 1. The van der Waals surface area contributed by atoms with Crippen LogP contribution in [0.3, 0.4) is 0 Å². The van der Waals surface area contributed by atoms with Crippen LogP contribution < -0.4 is 0 Å². The van der Waals surface area contributed by atoms with E-state index in [9.17, 15) is 24.6 Å². The van der Waals surface area contributed by atoms with Crippen molar-refractivity contribution in [3.05, 3.63) is 35.9 Å². The summed E-state index contributed by atoms with van der Waals surface area (Å²) < 4.78 is 0. The Kier molecular flexibility index (Phi) is 5.14. The summed E-state index contributed by atoms with van der Waals surface area (Å²) in [6.07, 6.45) is -2.58. The quantitative estimate of drug-likeness (QED) is 0.354. The Morgan fingerprint density at radius 2 is 1.67 bits per heavy atom. The van der Waals surface area contributed by atoms with Crippen molar-refractivity contribution in [3.63, 3.8) is 0 Å². The number of aliphatic hydroxyl groups excluding tert-OH is 1. The predicted molar refractivity (Wildman–Crippen MR) is 69.6 cm³/mol. The minimum absolute atomic E-state index is 0.0953. The minimum Gasteiger partial charge on any atom is -0.479 e. The standard InChI is InChI=1S/C13H15NO7/c1-14(2)21-13(12(19)20,10(16)11(17)18)9(15)8-6-4-3-5-7-8/h3-7,10,16H,1-2H3,(H,17,18)(H,19,20). The molecule has 2 atom stereocenters. The lowest BCUT2D eigenvalue weighted by molar-refractivity contribution is -0.239. The second-order valence-electron chi connectivity index (χ2n) is 4.38. The molecule has 1 aromatic rings. The fourth-order valence-corrected chi connectivity index (χ4v) is 1.73. The van der Waals surface area contributed by atoms with E-state index in [4.69, 9.17) is 9.94 Å². The maximum absolute atomic E-state index is 12.4. The second kappa shape index (κ2) is 6.44. The lowest BCUT2D eigenvalue weighted by Gasteiger charge is -2.32. The van der Waals surface area contributed by atoms with E-state index < -0.39 is 29.4 Å². The van der Waals surface area contributed by atoms with Crippen molar-refractivity contribution >= 4 is 17.7 Å². The smallest absolute Gasteiger partial charge is 0.349 e. The van der Waals surface area contributed by atoms with E-state index in [1.54, 1.807) is 6.07 Å². The number of carbonyl (C=O) groups is 3. The molecule has 8 heteroatoms. The number of Topliss-reactive ketones (excluding diaryl/α,β-unsaturated/α-hetero) is 1. The molecule has 0 aliphatic carbocycles. The molecule has 0 radical (unpaired) electrons. The Hall–Kier alpha value is -2.29. The van der Waals surface area contributed by atoms with Gasteiger partial charge in [0.2, 0.25) is 11.9 Å². The van der Waals surface area contributed by atoms with Gasteiger partial charge in [0.05, 0.1) is 0 Å². The van der Waals surface area contributed by atoms with Crippen molar-refractivity contribution in [2.45, 2.75) is 11.7 Å². The molecule has 0 heterocycles. The van der Waals surface area contributed by atoms with Crippen LogP contribution in [0.1, 0.15) is 10.4 Å². The zero-order valence-corrected chi connectivity index (χ0v) is 11.4. The number of carboxylic acid groups (broad SMARTS) is 2. The first kappa shape index (κ1) is 16.8. The summed E-state index contributed by atoms with van der Waals surface area (Å²) in [4.78, 5) is 39.9. The molecule has 1 aromatic carbocycles. The molecule has 0 aliphatic rings. The third kappa shape index (κ3) is 3.24. The number of aliphatic hydroxyl groups is 1. The van der Waals surface area contributed by atoms with Gasteiger partial charge in [-0.25, -0.2) is 9.59 Å². The van der Waals surface area contributed by atoms with Gasteiger partial charge in [0.25, 0.3) is 5.60 Å². The monoisotopic (exact) mass is 297 g/mol. The third-order valence-corrected chi connectivity index (χ3v) is 2.64. The second-order valence-corrected chi connectivity index (χ2v) is 4.38.